The Labute approximate surface area is 170 Å². The van der Waals surface area contributed by atoms with Gasteiger partial charge < -0.3 is 15.0 Å². The summed E-state index contributed by atoms with van der Waals surface area (Å²) in [6.45, 7) is 15.4. The minimum Gasteiger partial charge on any atom is -0.494 e. The molecule has 0 amide bonds. The number of nitrogens with zero attached hydrogens (tertiary/aromatic N) is 1. The van der Waals surface area contributed by atoms with Gasteiger partial charge in [0.2, 0.25) is 0 Å². The summed E-state index contributed by atoms with van der Waals surface area (Å²) in [7, 11) is 4.07. The maximum absolute atomic E-state index is 5.84. The van der Waals surface area contributed by atoms with Gasteiger partial charge in [-0.3, -0.25) is 0 Å². The van der Waals surface area contributed by atoms with Gasteiger partial charge in [0, 0.05) is 31.0 Å². The number of rotatable bonds is 10. The van der Waals surface area contributed by atoms with Crippen molar-refractivity contribution >= 4 is 17.5 Å². The normalized spacial score (nSPS) is 11.6. The van der Waals surface area contributed by atoms with E-state index in [4.69, 9.17) is 4.74 Å². The third kappa shape index (κ3) is 4.59. The lowest BCUT2D eigenvalue weighted by Crippen LogP contribution is -2.24. The zero-order chi connectivity index (χ0) is 20.7. The second kappa shape index (κ2) is 10.0. The van der Waals surface area contributed by atoms with Crippen LogP contribution in [0, 0.1) is 6.92 Å². The lowest BCUT2D eigenvalue weighted by Gasteiger charge is -2.33. The van der Waals surface area contributed by atoms with E-state index in [0.29, 0.717) is 6.61 Å². The van der Waals surface area contributed by atoms with Gasteiger partial charge in [0.25, 0.3) is 0 Å². The van der Waals surface area contributed by atoms with E-state index in [2.05, 4.69) is 74.6 Å². The SMILES string of the molecule is C=Cc1cccc(NC)c1C(=C)N(C)C(CCC)c1ccc(C)c(OCC)c1. The highest BCUT2D eigenvalue weighted by Crippen LogP contribution is 2.37. The van der Waals surface area contributed by atoms with Crippen LogP contribution in [0.25, 0.3) is 11.8 Å². The molecule has 28 heavy (non-hydrogen) atoms. The molecular weight excluding hydrogens is 344 g/mol. The molecule has 150 valence electrons. The minimum absolute atomic E-state index is 0.222. The highest BCUT2D eigenvalue weighted by atomic mass is 16.5. The van der Waals surface area contributed by atoms with Gasteiger partial charge in [-0.25, -0.2) is 0 Å². The largest absolute Gasteiger partial charge is 0.494 e. The quantitative estimate of drug-likeness (QED) is 0.509. The lowest BCUT2D eigenvalue weighted by atomic mass is 9.96. The molecule has 0 heterocycles. The van der Waals surface area contributed by atoms with E-state index in [-0.39, 0.29) is 6.04 Å². The average Bonchev–Trinajstić information content (AvgIpc) is 2.72. The average molecular weight is 379 g/mol. The maximum Gasteiger partial charge on any atom is 0.122 e. The number of ether oxygens (including phenoxy) is 1. The molecule has 0 bridgehead atoms. The number of anilines is 1. The Balaban J connectivity index is 2.46. The van der Waals surface area contributed by atoms with Crippen molar-refractivity contribution in [2.45, 2.75) is 39.7 Å². The minimum atomic E-state index is 0.222. The molecule has 0 radical (unpaired) electrons. The van der Waals surface area contributed by atoms with Crippen LogP contribution in [0.15, 0.2) is 49.6 Å². The number of aryl methyl sites for hydroxylation is 1. The molecule has 3 heteroatoms. The highest BCUT2D eigenvalue weighted by Gasteiger charge is 2.22. The van der Waals surface area contributed by atoms with Crippen LogP contribution < -0.4 is 10.1 Å². The Bertz CT molecular complexity index is 825. The van der Waals surface area contributed by atoms with Crippen LogP contribution in [0.5, 0.6) is 5.75 Å². The number of nitrogens with one attached hydrogen (secondary N) is 1. The first kappa shape index (κ1) is 21.6. The number of hydrogen-bond acceptors (Lipinski definition) is 3. The first-order valence-electron chi connectivity index (χ1n) is 10.1. The van der Waals surface area contributed by atoms with Gasteiger partial charge in [0.05, 0.1) is 12.6 Å². The van der Waals surface area contributed by atoms with Crippen LogP contribution in [0.4, 0.5) is 5.69 Å². The van der Waals surface area contributed by atoms with Crippen LogP contribution >= 0.6 is 0 Å². The molecule has 0 aliphatic carbocycles. The van der Waals surface area contributed by atoms with Crippen molar-refractivity contribution in [2.75, 3.05) is 26.0 Å². The van der Waals surface area contributed by atoms with Crippen LogP contribution in [-0.4, -0.2) is 25.6 Å². The lowest BCUT2D eigenvalue weighted by molar-refractivity contribution is 0.323. The fraction of sp³-hybridized carbons (Fsp3) is 0.360. The molecule has 0 aliphatic heterocycles. The van der Waals surface area contributed by atoms with E-state index < -0.39 is 0 Å². The summed E-state index contributed by atoms with van der Waals surface area (Å²) in [5, 5.41) is 3.29. The van der Waals surface area contributed by atoms with Gasteiger partial charge in [0.1, 0.15) is 5.75 Å². The van der Waals surface area contributed by atoms with E-state index in [1.807, 2.05) is 26.1 Å². The number of benzene rings is 2. The van der Waals surface area contributed by atoms with Crippen molar-refractivity contribution < 1.29 is 4.74 Å². The van der Waals surface area contributed by atoms with Gasteiger partial charge in [-0.05, 0) is 49.1 Å². The highest BCUT2D eigenvalue weighted by molar-refractivity contribution is 5.81. The molecule has 1 unspecified atom stereocenters. The predicted molar refractivity (Wildman–Crippen MR) is 123 cm³/mol. The second-order valence-electron chi connectivity index (χ2n) is 7.04. The molecule has 3 nitrogen and oxygen atoms in total. The van der Waals surface area contributed by atoms with Crippen LogP contribution in [0.1, 0.15) is 55.0 Å². The first-order chi connectivity index (χ1) is 13.5. The second-order valence-corrected chi connectivity index (χ2v) is 7.04. The monoisotopic (exact) mass is 378 g/mol. The molecule has 0 saturated heterocycles. The van der Waals surface area contributed by atoms with Crippen molar-refractivity contribution in [3.8, 4) is 5.75 Å². The van der Waals surface area contributed by atoms with Gasteiger partial charge in [0.15, 0.2) is 0 Å². The van der Waals surface area contributed by atoms with Gasteiger partial charge in [-0.15, -0.1) is 0 Å². The molecule has 0 aromatic heterocycles. The molecule has 0 fully saturated rings. The molecule has 0 spiro atoms. The molecule has 2 rings (SSSR count). The van der Waals surface area contributed by atoms with Crippen molar-refractivity contribution in [1.82, 2.24) is 4.90 Å². The van der Waals surface area contributed by atoms with E-state index in [1.165, 1.54) is 5.56 Å². The molecular formula is C25H34N2O. The van der Waals surface area contributed by atoms with Crippen LogP contribution in [0.2, 0.25) is 0 Å². The summed E-state index contributed by atoms with van der Waals surface area (Å²) in [5.74, 6) is 0.961. The van der Waals surface area contributed by atoms with Crippen molar-refractivity contribution in [3.63, 3.8) is 0 Å². The topological polar surface area (TPSA) is 24.5 Å². The summed E-state index contributed by atoms with van der Waals surface area (Å²) in [6.07, 6.45) is 4.01. The first-order valence-corrected chi connectivity index (χ1v) is 10.1. The summed E-state index contributed by atoms with van der Waals surface area (Å²) in [5.41, 5.74) is 6.64. The fourth-order valence-corrected chi connectivity index (χ4v) is 3.63. The third-order valence-electron chi connectivity index (χ3n) is 5.23. The van der Waals surface area contributed by atoms with Crippen molar-refractivity contribution in [2.24, 2.45) is 0 Å². The van der Waals surface area contributed by atoms with E-state index >= 15 is 0 Å². The van der Waals surface area contributed by atoms with Crippen molar-refractivity contribution in [1.29, 1.82) is 0 Å². The Morgan fingerprint density at radius 1 is 1.25 bits per heavy atom. The standard InChI is InChI=1S/C25H34N2O/c1-8-12-23(21-16-15-18(4)24(17-21)28-10-3)27(7)19(5)25-20(9-2)13-11-14-22(25)26-6/h9,11,13-17,23,26H,2,5,8,10,12H2,1,3-4,6-7H3. The van der Waals surface area contributed by atoms with Crippen molar-refractivity contribution in [3.05, 3.63) is 71.8 Å². The van der Waals surface area contributed by atoms with E-state index in [1.54, 1.807) is 0 Å². The third-order valence-corrected chi connectivity index (χ3v) is 5.23. The maximum atomic E-state index is 5.84. The van der Waals surface area contributed by atoms with Gasteiger partial charge >= 0.3 is 0 Å². The summed E-state index contributed by atoms with van der Waals surface area (Å²) in [4.78, 5) is 2.28. The van der Waals surface area contributed by atoms with Gasteiger partial charge in [-0.1, -0.05) is 56.8 Å². The zero-order valence-electron chi connectivity index (χ0n) is 18.0. The van der Waals surface area contributed by atoms with Crippen LogP contribution in [-0.2, 0) is 0 Å². The molecule has 1 N–H and O–H groups in total. The van der Waals surface area contributed by atoms with Crippen LogP contribution in [0.3, 0.4) is 0 Å². The van der Waals surface area contributed by atoms with E-state index in [0.717, 1.165) is 46.7 Å². The molecule has 2 aromatic carbocycles. The zero-order valence-corrected chi connectivity index (χ0v) is 18.0. The Morgan fingerprint density at radius 2 is 2.00 bits per heavy atom. The Kier molecular flexibility index (Phi) is 7.74. The predicted octanol–water partition coefficient (Wildman–Crippen LogP) is 6.52. The Morgan fingerprint density at radius 3 is 2.61 bits per heavy atom. The summed E-state index contributed by atoms with van der Waals surface area (Å²) >= 11 is 0. The number of hydrogen-bond donors (Lipinski definition) is 1. The molecule has 2 aromatic rings. The fourth-order valence-electron chi connectivity index (χ4n) is 3.63. The van der Waals surface area contributed by atoms with E-state index in [9.17, 15) is 0 Å². The molecule has 0 aliphatic rings. The Hall–Kier alpha value is -2.68. The smallest absolute Gasteiger partial charge is 0.122 e. The molecule has 0 saturated carbocycles. The summed E-state index contributed by atoms with van der Waals surface area (Å²) in [6, 6.07) is 13.0. The molecule has 1 atom stereocenters. The van der Waals surface area contributed by atoms with Gasteiger partial charge in [-0.2, -0.15) is 0 Å². The summed E-state index contributed by atoms with van der Waals surface area (Å²) < 4.78 is 5.84.